The largest absolute Gasteiger partial charge is 0.494 e. The summed E-state index contributed by atoms with van der Waals surface area (Å²) in [5.74, 6) is 0.406. The number of hydrogen-bond acceptors (Lipinski definition) is 3. The van der Waals surface area contributed by atoms with Gasteiger partial charge in [-0.25, -0.2) is 0 Å². The Hall–Kier alpha value is -3.06. The maximum absolute atomic E-state index is 12.4. The molecule has 26 heavy (non-hydrogen) atoms. The fraction of sp³-hybridized carbons (Fsp3) is 0.273. The number of nitriles is 1. The van der Waals surface area contributed by atoms with E-state index in [0.29, 0.717) is 6.61 Å². The van der Waals surface area contributed by atoms with E-state index in [1.165, 1.54) is 0 Å². The molecule has 0 bridgehead atoms. The zero-order chi connectivity index (χ0) is 18.8. The van der Waals surface area contributed by atoms with Crippen LogP contribution in [0.5, 0.6) is 5.75 Å². The van der Waals surface area contributed by atoms with Crippen molar-refractivity contribution in [2.75, 3.05) is 6.61 Å². The minimum atomic E-state index is -0.382. The van der Waals surface area contributed by atoms with E-state index < -0.39 is 0 Å². The number of nitrogens with zero attached hydrogens (tertiary/aromatic N) is 1. The van der Waals surface area contributed by atoms with E-state index in [2.05, 4.69) is 12.2 Å². The van der Waals surface area contributed by atoms with Crippen molar-refractivity contribution in [1.82, 2.24) is 5.32 Å². The maximum Gasteiger partial charge on any atom is 0.262 e. The molecule has 0 saturated heterocycles. The third-order valence-corrected chi connectivity index (χ3v) is 3.97. The van der Waals surface area contributed by atoms with E-state index in [1.54, 1.807) is 6.08 Å². The number of hydrogen-bond donors (Lipinski definition) is 1. The molecule has 0 saturated carbocycles. The summed E-state index contributed by atoms with van der Waals surface area (Å²) in [5.41, 5.74) is 1.85. The van der Waals surface area contributed by atoms with Gasteiger partial charge in [-0.3, -0.25) is 4.79 Å². The summed E-state index contributed by atoms with van der Waals surface area (Å²) in [6.07, 6.45) is 3.69. The van der Waals surface area contributed by atoms with Crippen LogP contribution in [0.4, 0.5) is 0 Å². The molecule has 0 heterocycles. The lowest BCUT2D eigenvalue weighted by molar-refractivity contribution is -0.117. The highest BCUT2D eigenvalue weighted by Gasteiger charge is 2.13. The number of carbonyl (C=O) groups excluding carboxylic acids is 1. The smallest absolute Gasteiger partial charge is 0.262 e. The normalized spacial score (nSPS) is 12.1. The number of nitrogens with one attached hydrogen (secondary N) is 1. The van der Waals surface area contributed by atoms with Crippen LogP contribution in [0.2, 0.25) is 0 Å². The summed E-state index contributed by atoms with van der Waals surface area (Å²) in [5, 5.41) is 12.2. The molecule has 2 rings (SSSR count). The van der Waals surface area contributed by atoms with Gasteiger partial charge in [0.15, 0.2) is 0 Å². The minimum absolute atomic E-state index is 0.0763. The SMILES string of the molecule is CCCCOc1ccc(/C=C(/C#N)C(=O)N[C@H](C)c2ccccc2)cc1. The van der Waals surface area contributed by atoms with Gasteiger partial charge in [0.2, 0.25) is 0 Å². The van der Waals surface area contributed by atoms with E-state index in [9.17, 15) is 10.1 Å². The molecule has 2 aromatic rings. The average Bonchev–Trinajstić information content (AvgIpc) is 2.68. The maximum atomic E-state index is 12.4. The van der Waals surface area contributed by atoms with Gasteiger partial charge in [0.05, 0.1) is 12.6 Å². The van der Waals surface area contributed by atoms with Gasteiger partial charge in [0.25, 0.3) is 5.91 Å². The van der Waals surface area contributed by atoms with Crippen molar-refractivity contribution in [1.29, 1.82) is 5.26 Å². The van der Waals surface area contributed by atoms with Crippen LogP contribution in [0.15, 0.2) is 60.2 Å². The average molecular weight is 348 g/mol. The first-order chi connectivity index (χ1) is 12.6. The molecular formula is C22H24N2O2. The summed E-state index contributed by atoms with van der Waals surface area (Å²) in [6.45, 7) is 4.70. The zero-order valence-electron chi connectivity index (χ0n) is 15.2. The van der Waals surface area contributed by atoms with Crippen molar-refractivity contribution in [3.8, 4) is 11.8 Å². The van der Waals surface area contributed by atoms with Gasteiger partial charge in [-0.15, -0.1) is 0 Å². The molecule has 1 atom stereocenters. The molecule has 0 radical (unpaired) electrons. The Morgan fingerprint density at radius 3 is 2.50 bits per heavy atom. The summed E-state index contributed by atoms with van der Waals surface area (Å²) in [4.78, 5) is 12.4. The molecule has 1 amide bonds. The zero-order valence-corrected chi connectivity index (χ0v) is 15.2. The van der Waals surface area contributed by atoms with Crippen molar-refractivity contribution >= 4 is 12.0 Å². The lowest BCUT2D eigenvalue weighted by Crippen LogP contribution is -2.27. The molecule has 4 nitrogen and oxygen atoms in total. The monoisotopic (exact) mass is 348 g/mol. The van der Waals surface area contributed by atoms with Gasteiger partial charge in [0, 0.05) is 0 Å². The molecule has 0 aromatic heterocycles. The number of ether oxygens (including phenoxy) is 1. The summed E-state index contributed by atoms with van der Waals surface area (Å²) in [6, 6.07) is 18.8. The fourth-order valence-electron chi connectivity index (χ4n) is 2.41. The molecule has 0 fully saturated rings. The summed E-state index contributed by atoms with van der Waals surface area (Å²) >= 11 is 0. The van der Waals surface area contributed by atoms with Crippen LogP contribution < -0.4 is 10.1 Å². The first-order valence-electron chi connectivity index (χ1n) is 8.84. The molecule has 2 aromatic carbocycles. The first-order valence-corrected chi connectivity index (χ1v) is 8.84. The summed E-state index contributed by atoms with van der Waals surface area (Å²) in [7, 11) is 0. The highest BCUT2D eigenvalue weighted by molar-refractivity contribution is 6.01. The minimum Gasteiger partial charge on any atom is -0.494 e. The highest BCUT2D eigenvalue weighted by atomic mass is 16.5. The second kappa shape index (κ2) is 10.0. The standard InChI is InChI=1S/C22H24N2O2/c1-3-4-14-26-21-12-10-18(11-13-21)15-20(16-23)22(25)24-17(2)19-8-6-5-7-9-19/h5-13,15,17H,3-4,14H2,1-2H3,(H,24,25)/b20-15-/t17-/m1/s1. The number of carbonyl (C=O) groups is 1. The Kier molecular flexibility index (Phi) is 7.45. The van der Waals surface area contributed by atoms with E-state index in [1.807, 2.05) is 67.6 Å². The van der Waals surface area contributed by atoms with E-state index in [4.69, 9.17) is 4.74 Å². The van der Waals surface area contributed by atoms with Gasteiger partial charge in [-0.2, -0.15) is 5.26 Å². The fourth-order valence-corrected chi connectivity index (χ4v) is 2.41. The molecular weight excluding hydrogens is 324 g/mol. The molecule has 0 aliphatic carbocycles. The van der Waals surface area contributed by atoms with Crippen LogP contribution in [0.3, 0.4) is 0 Å². The lowest BCUT2D eigenvalue weighted by atomic mass is 10.1. The molecule has 0 aliphatic rings. The quantitative estimate of drug-likeness (QED) is 0.429. The van der Waals surface area contributed by atoms with Crippen molar-refractivity contribution < 1.29 is 9.53 Å². The molecule has 0 spiro atoms. The topological polar surface area (TPSA) is 62.1 Å². The first kappa shape index (κ1) is 19.3. The second-order valence-electron chi connectivity index (χ2n) is 6.05. The van der Waals surface area contributed by atoms with Crippen LogP contribution in [-0.2, 0) is 4.79 Å². The van der Waals surface area contributed by atoms with Crippen molar-refractivity contribution in [2.45, 2.75) is 32.7 Å². The number of rotatable bonds is 8. The van der Waals surface area contributed by atoms with Crippen LogP contribution in [-0.4, -0.2) is 12.5 Å². The van der Waals surface area contributed by atoms with Crippen molar-refractivity contribution in [3.63, 3.8) is 0 Å². The Bertz CT molecular complexity index is 774. The third-order valence-electron chi connectivity index (χ3n) is 3.97. The Morgan fingerprint density at radius 1 is 1.19 bits per heavy atom. The van der Waals surface area contributed by atoms with Gasteiger partial charge in [-0.05, 0) is 42.7 Å². The Labute approximate surface area is 155 Å². The van der Waals surface area contributed by atoms with E-state index >= 15 is 0 Å². The molecule has 0 unspecified atom stereocenters. The van der Waals surface area contributed by atoms with Gasteiger partial charge < -0.3 is 10.1 Å². The molecule has 134 valence electrons. The van der Waals surface area contributed by atoms with Gasteiger partial charge in [-0.1, -0.05) is 55.8 Å². The van der Waals surface area contributed by atoms with Crippen molar-refractivity contribution in [2.24, 2.45) is 0 Å². The lowest BCUT2D eigenvalue weighted by Gasteiger charge is -2.13. The van der Waals surface area contributed by atoms with Crippen molar-refractivity contribution in [3.05, 3.63) is 71.3 Å². The molecule has 0 aliphatic heterocycles. The van der Waals surface area contributed by atoms with Crippen LogP contribution >= 0.6 is 0 Å². The highest BCUT2D eigenvalue weighted by Crippen LogP contribution is 2.16. The van der Waals surface area contributed by atoms with Crippen LogP contribution in [0.1, 0.15) is 43.9 Å². The Morgan fingerprint density at radius 2 is 1.88 bits per heavy atom. The molecule has 1 N–H and O–H groups in total. The predicted molar refractivity (Wildman–Crippen MR) is 103 cm³/mol. The summed E-state index contributed by atoms with van der Waals surface area (Å²) < 4.78 is 5.62. The van der Waals surface area contributed by atoms with Gasteiger partial charge in [0.1, 0.15) is 17.4 Å². The van der Waals surface area contributed by atoms with Crippen LogP contribution in [0.25, 0.3) is 6.08 Å². The van der Waals surface area contributed by atoms with E-state index in [-0.39, 0.29) is 17.5 Å². The second-order valence-corrected chi connectivity index (χ2v) is 6.05. The van der Waals surface area contributed by atoms with Gasteiger partial charge >= 0.3 is 0 Å². The third kappa shape index (κ3) is 5.78. The molecule has 4 heteroatoms. The van der Waals surface area contributed by atoms with E-state index in [0.717, 1.165) is 29.7 Å². The Balaban J connectivity index is 2.02. The number of amides is 1. The number of benzene rings is 2. The number of unbranched alkanes of at least 4 members (excludes halogenated alkanes) is 1. The van der Waals surface area contributed by atoms with Crippen LogP contribution in [0, 0.1) is 11.3 Å². The predicted octanol–water partition coefficient (Wildman–Crippen LogP) is 4.65.